The van der Waals surface area contributed by atoms with E-state index in [1.54, 1.807) is 13.0 Å². The molecule has 1 heterocycles. The largest absolute Gasteiger partial charge is 0.463 e. The van der Waals surface area contributed by atoms with Crippen LogP contribution >= 0.6 is 11.6 Å². The van der Waals surface area contributed by atoms with E-state index in [2.05, 4.69) is 4.98 Å². The van der Waals surface area contributed by atoms with Crippen LogP contribution in [0.2, 0.25) is 5.02 Å². The molecule has 1 rings (SSSR count). The predicted octanol–water partition coefficient (Wildman–Crippen LogP) is 1.89. The number of rotatable bonds is 3. The average Bonchev–Trinajstić information content (AvgIpc) is 2.17. The number of hydrogen-bond donors (Lipinski definition) is 1. The molecule has 0 unspecified atom stereocenters. The Balaban J connectivity index is 2.84. The summed E-state index contributed by atoms with van der Waals surface area (Å²) in [6.45, 7) is 2.07. The van der Waals surface area contributed by atoms with Crippen molar-refractivity contribution in [2.45, 2.75) is 6.92 Å². The fourth-order valence-electron chi connectivity index (χ4n) is 0.971. The van der Waals surface area contributed by atoms with Gasteiger partial charge < -0.3 is 10.5 Å². The summed E-state index contributed by atoms with van der Waals surface area (Å²) in [5.74, 6) is -0.153. The molecular weight excluding hydrogens is 216 g/mol. The van der Waals surface area contributed by atoms with Crippen molar-refractivity contribution in [3.63, 3.8) is 0 Å². The maximum atomic E-state index is 11.0. The van der Waals surface area contributed by atoms with E-state index in [4.69, 9.17) is 22.1 Å². The van der Waals surface area contributed by atoms with Gasteiger partial charge in [0.2, 0.25) is 0 Å². The van der Waals surface area contributed by atoms with Gasteiger partial charge in [-0.1, -0.05) is 11.6 Å². The minimum Gasteiger partial charge on any atom is -0.463 e. The lowest BCUT2D eigenvalue weighted by atomic mass is 10.2. The van der Waals surface area contributed by atoms with E-state index in [0.29, 0.717) is 17.2 Å². The first-order valence-electron chi connectivity index (χ1n) is 4.40. The van der Waals surface area contributed by atoms with Gasteiger partial charge in [0.1, 0.15) is 5.82 Å². The minimum atomic E-state index is -0.434. The predicted molar refractivity (Wildman–Crippen MR) is 59.3 cm³/mol. The third-order valence-corrected chi connectivity index (χ3v) is 1.97. The molecule has 0 aliphatic rings. The van der Waals surface area contributed by atoms with Crippen molar-refractivity contribution in [3.05, 3.63) is 28.9 Å². The van der Waals surface area contributed by atoms with E-state index >= 15 is 0 Å². The summed E-state index contributed by atoms with van der Waals surface area (Å²) in [6, 6.07) is 1.60. The summed E-state index contributed by atoms with van der Waals surface area (Å²) in [5, 5.41) is 0.447. The average molecular weight is 227 g/mol. The van der Waals surface area contributed by atoms with Gasteiger partial charge in [0.05, 0.1) is 11.6 Å². The SMILES string of the molecule is CCOC(=O)/C=C/c1c(Cl)ccnc1N. The van der Waals surface area contributed by atoms with Crippen LogP contribution in [0, 0.1) is 0 Å². The van der Waals surface area contributed by atoms with Crippen LogP contribution in [-0.4, -0.2) is 17.6 Å². The van der Waals surface area contributed by atoms with E-state index in [1.165, 1.54) is 18.3 Å². The lowest BCUT2D eigenvalue weighted by Gasteiger charge is -2.01. The zero-order valence-corrected chi connectivity index (χ0v) is 8.99. The molecule has 0 atom stereocenters. The number of anilines is 1. The lowest BCUT2D eigenvalue weighted by molar-refractivity contribution is -0.137. The molecule has 0 aliphatic heterocycles. The van der Waals surface area contributed by atoms with Gasteiger partial charge in [0.25, 0.3) is 0 Å². The van der Waals surface area contributed by atoms with Gasteiger partial charge in [-0.3, -0.25) is 0 Å². The Morgan fingerprint density at radius 3 is 3.07 bits per heavy atom. The van der Waals surface area contributed by atoms with Crippen molar-refractivity contribution >= 4 is 29.5 Å². The molecule has 0 bridgehead atoms. The van der Waals surface area contributed by atoms with E-state index in [1.807, 2.05) is 0 Å². The number of halogens is 1. The summed E-state index contributed by atoms with van der Waals surface area (Å²) in [6.07, 6.45) is 4.25. The molecular formula is C10H11ClN2O2. The number of carbonyl (C=O) groups is 1. The van der Waals surface area contributed by atoms with Crippen LogP contribution in [0.1, 0.15) is 12.5 Å². The highest BCUT2D eigenvalue weighted by Crippen LogP contribution is 2.20. The van der Waals surface area contributed by atoms with Gasteiger partial charge in [-0.15, -0.1) is 0 Å². The number of nitrogens with two attached hydrogens (primary N) is 1. The molecule has 4 nitrogen and oxygen atoms in total. The van der Waals surface area contributed by atoms with Crippen LogP contribution in [-0.2, 0) is 9.53 Å². The molecule has 0 amide bonds. The molecule has 1 aromatic heterocycles. The monoisotopic (exact) mass is 226 g/mol. The number of aromatic nitrogens is 1. The Hall–Kier alpha value is -1.55. The minimum absolute atomic E-state index is 0.281. The third kappa shape index (κ3) is 3.25. The number of ether oxygens (including phenoxy) is 1. The molecule has 0 saturated heterocycles. The van der Waals surface area contributed by atoms with Gasteiger partial charge in [0.15, 0.2) is 0 Å². The van der Waals surface area contributed by atoms with Crippen molar-refractivity contribution in [1.29, 1.82) is 0 Å². The molecule has 0 aromatic carbocycles. The summed E-state index contributed by atoms with van der Waals surface area (Å²) in [7, 11) is 0. The Kier molecular flexibility index (Phi) is 4.12. The molecule has 15 heavy (non-hydrogen) atoms. The first-order chi connectivity index (χ1) is 7.15. The topological polar surface area (TPSA) is 65.2 Å². The van der Waals surface area contributed by atoms with Crippen LogP contribution in [0.3, 0.4) is 0 Å². The lowest BCUT2D eigenvalue weighted by Crippen LogP contribution is -1.99. The maximum Gasteiger partial charge on any atom is 0.330 e. The van der Waals surface area contributed by atoms with Crippen LogP contribution in [0.15, 0.2) is 18.3 Å². The van der Waals surface area contributed by atoms with Crippen molar-refractivity contribution in [1.82, 2.24) is 4.98 Å². The summed E-state index contributed by atoms with van der Waals surface area (Å²) >= 11 is 5.87. The number of pyridine rings is 1. The van der Waals surface area contributed by atoms with E-state index < -0.39 is 5.97 Å². The molecule has 0 spiro atoms. The second-order valence-electron chi connectivity index (χ2n) is 2.68. The Morgan fingerprint density at radius 2 is 2.47 bits per heavy atom. The highest BCUT2D eigenvalue weighted by atomic mass is 35.5. The Morgan fingerprint density at radius 1 is 1.73 bits per heavy atom. The van der Waals surface area contributed by atoms with Crippen LogP contribution in [0.25, 0.3) is 6.08 Å². The van der Waals surface area contributed by atoms with Gasteiger partial charge in [-0.25, -0.2) is 9.78 Å². The second-order valence-corrected chi connectivity index (χ2v) is 3.08. The van der Waals surface area contributed by atoms with Crippen molar-refractivity contribution < 1.29 is 9.53 Å². The molecule has 0 fully saturated rings. The third-order valence-electron chi connectivity index (χ3n) is 1.64. The first-order valence-corrected chi connectivity index (χ1v) is 4.77. The zero-order valence-electron chi connectivity index (χ0n) is 8.24. The molecule has 5 heteroatoms. The summed E-state index contributed by atoms with van der Waals surface area (Å²) in [5.41, 5.74) is 6.10. The van der Waals surface area contributed by atoms with E-state index in [9.17, 15) is 4.79 Å². The molecule has 80 valence electrons. The number of nitrogen functional groups attached to an aromatic ring is 1. The highest BCUT2D eigenvalue weighted by molar-refractivity contribution is 6.32. The zero-order chi connectivity index (χ0) is 11.3. The van der Waals surface area contributed by atoms with E-state index in [-0.39, 0.29) is 5.82 Å². The summed E-state index contributed by atoms with van der Waals surface area (Å²) < 4.78 is 4.71. The van der Waals surface area contributed by atoms with Crippen LogP contribution in [0.5, 0.6) is 0 Å². The van der Waals surface area contributed by atoms with Crippen LogP contribution in [0.4, 0.5) is 5.82 Å². The molecule has 1 aromatic rings. The molecule has 0 aliphatic carbocycles. The fourth-order valence-corrected chi connectivity index (χ4v) is 1.19. The smallest absolute Gasteiger partial charge is 0.330 e. The van der Waals surface area contributed by atoms with Crippen molar-refractivity contribution in [3.8, 4) is 0 Å². The number of hydrogen-bond acceptors (Lipinski definition) is 4. The molecule has 2 N–H and O–H groups in total. The quantitative estimate of drug-likeness (QED) is 0.632. The second kappa shape index (κ2) is 5.36. The molecule has 0 saturated carbocycles. The van der Waals surface area contributed by atoms with Gasteiger partial charge in [-0.2, -0.15) is 0 Å². The van der Waals surface area contributed by atoms with Gasteiger partial charge >= 0.3 is 5.97 Å². The fraction of sp³-hybridized carbons (Fsp3) is 0.200. The number of carbonyl (C=O) groups excluding carboxylic acids is 1. The molecule has 0 radical (unpaired) electrons. The summed E-state index contributed by atoms with van der Waals surface area (Å²) in [4.78, 5) is 14.9. The first kappa shape index (κ1) is 11.5. The standard InChI is InChI=1S/C10H11ClN2O2/c1-2-15-9(14)4-3-7-8(11)5-6-13-10(7)12/h3-6H,2H2,1H3,(H2,12,13)/b4-3+. The number of esters is 1. The van der Waals surface area contributed by atoms with E-state index in [0.717, 1.165) is 0 Å². The Labute approximate surface area is 92.7 Å². The normalized spacial score (nSPS) is 10.5. The van der Waals surface area contributed by atoms with Crippen molar-refractivity contribution in [2.24, 2.45) is 0 Å². The van der Waals surface area contributed by atoms with Crippen LogP contribution < -0.4 is 5.73 Å². The number of nitrogens with zero attached hydrogens (tertiary/aromatic N) is 1. The maximum absolute atomic E-state index is 11.0. The van der Waals surface area contributed by atoms with Crippen molar-refractivity contribution in [2.75, 3.05) is 12.3 Å². The van der Waals surface area contributed by atoms with Gasteiger partial charge in [-0.05, 0) is 19.1 Å². The van der Waals surface area contributed by atoms with Gasteiger partial charge in [0, 0.05) is 17.8 Å². The highest BCUT2D eigenvalue weighted by Gasteiger charge is 2.02. The Bertz CT molecular complexity index is 371.